The third-order valence-electron chi connectivity index (χ3n) is 3.53. The molecule has 1 aromatic carbocycles. The van der Waals surface area contributed by atoms with Crippen LogP contribution < -0.4 is 5.73 Å². The van der Waals surface area contributed by atoms with E-state index in [4.69, 9.17) is 10.5 Å². The van der Waals surface area contributed by atoms with Crippen molar-refractivity contribution in [3.63, 3.8) is 0 Å². The van der Waals surface area contributed by atoms with Gasteiger partial charge in [-0.3, -0.25) is 0 Å². The molecule has 2 aromatic rings. The molecule has 1 atom stereocenters. The van der Waals surface area contributed by atoms with Crippen LogP contribution in [-0.4, -0.2) is 22.8 Å². The molecule has 0 aliphatic carbocycles. The normalized spacial score (nSPS) is 13.3. The summed E-state index contributed by atoms with van der Waals surface area (Å²) in [5.74, 6) is 1.01. The van der Waals surface area contributed by atoms with E-state index < -0.39 is 0 Å². The number of para-hydroxylation sites is 1. The van der Waals surface area contributed by atoms with E-state index in [1.165, 1.54) is 5.56 Å². The molecule has 4 nitrogen and oxygen atoms in total. The third kappa shape index (κ3) is 2.59. The first kappa shape index (κ1) is 13.9. The first-order valence-corrected chi connectivity index (χ1v) is 6.87. The van der Waals surface area contributed by atoms with Crippen LogP contribution in [0.25, 0.3) is 11.0 Å². The number of rotatable bonds is 5. The summed E-state index contributed by atoms with van der Waals surface area (Å²) in [7, 11) is 0. The smallest absolute Gasteiger partial charge is 0.201 e. The van der Waals surface area contributed by atoms with Gasteiger partial charge in [-0.15, -0.1) is 0 Å². The number of nitrogen functional groups attached to an aromatic ring is 1. The zero-order valence-corrected chi connectivity index (χ0v) is 12.2. The zero-order chi connectivity index (χ0) is 14.0. The van der Waals surface area contributed by atoms with Crippen molar-refractivity contribution in [1.29, 1.82) is 0 Å². The van der Waals surface area contributed by atoms with Gasteiger partial charge in [-0.25, -0.2) is 4.98 Å². The van der Waals surface area contributed by atoms with E-state index >= 15 is 0 Å². The van der Waals surface area contributed by atoms with Gasteiger partial charge >= 0.3 is 0 Å². The van der Waals surface area contributed by atoms with Gasteiger partial charge in [-0.1, -0.05) is 26.0 Å². The SMILES string of the molecule is CCOCC(C(C)C)n1c(N)nc2cccc(C)c21. The molecule has 1 aromatic heterocycles. The topological polar surface area (TPSA) is 53.1 Å². The number of nitrogens with two attached hydrogens (primary N) is 1. The summed E-state index contributed by atoms with van der Waals surface area (Å²) in [5.41, 5.74) is 9.41. The van der Waals surface area contributed by atoms with Crippen LogP contribution in [0.15, 0.2) is 18.2 Å². The van der Waals surface area contributed by atoms with Crippen LogP contribution in [0.5, 0.6) is 0 Å². The van der Waals surface area contributed by atoms with Gasteiger partial charge in [0.25, 0.3) is 0 Å². The molecule has 1 unspecified atom stereocenters. The number of imidazole rings is 1. The number of aromatic nitrogens is 2. The Morgan fingerprint density at radius 1 is 1.37 bits per heavy atom. The Balaban J connectivity index is 2.55. The predicted molar refractivity (Wildman–Crippen MR) is 79.3 cm³/mol. The molecule has 4 heteroatoms. The summed E-state index contributed by atoms with van der Waals surface area (Å²) in [6, 6.07) is 6.33. The minimum absolute atomic E-state index is 0.214. The Labute approximate surface area is 114 Å². The fourth-order valence-electron chi connectivity index (χ4n) is 2.48. The van der Waals surface area contributed by atoms with Crippen LogP contribution in [0, 0.1) is 12.8 Å². The first-order chi connectivity index (χ1) is 9.06. The Bertz CT molecular complexity index is 560. The van der Waals surface area contributed by atoms with Crippen LogP contribution >= 0.6 is 0 Å². The highest BCUT2D eigenvalue weighted by Gasteiger charge is 2.21. The lowest BCUT2D eigenvalue weighted by molar-refractivity contribution is 0.0987. The summed E-state index contributed by atoms with van der Waals surface area (Å²) >= 11 is 0. The van der Waals surface area contributed by atoms with Crippen molar-refractivity contribution >= 4 is 17.0 Å². The van der Waals surface area contributed by atoms with Gasteiger partial charge in [0.15, 0.2) is 0 Å². The lowest BCUT2D eigenvalue weighted by Gasteiger charge is -2.24. The molecule has 0 fully saturated rings. The molecular weight excluding hydrogens is 238 g/mol. The second kappa shape index (κ2) is 5.61. The van der Waals surface area contributed by atoms with Gasteiger partial charge in [0.1, 0.15) is 0 Å². The van der Waals surface area contributed by atoms with Crippen molar-refractivity contribution in [1.82, 2.24) is 9.55 Å². The maximum atomic E-state index is 6.13. The molecule has 0 saturated heterocycles. The highest BCUT2D eigenvalue weighted by Crippen LogP contribution is 2.29. The van der Waals surface area contributed by atoms with Crippen LogP contribution in [0.3, 0.4) is 0 Å². The zero-order valence-electron chi connectivity index (χ0n) is 12.2. The molecule has 0 bridgehead atoms. The van der Waals surface area contributed by atoms with Crippen molar-refractivity contribution in [3.05, 3.63) is 23.8 Å². The maximum Gasteiger partial charge on any atom is 0.201 e. The van der Waals surface area contributed by atoms with E-state index in [9.17, 15) is 0 Å². The van der Waals surface area contributed by atoms with E-state index in [1.807, 2.05) is 19.1 Å². The molecule has 0 spiro atoms. The molecule has 0 saturated carbocycles. The largest absolute Gasteiger partial charge is 0.380 e. The summed E-state index contributed by atoms with van der Waals surface area (Å²) in [6.07, 6.45) is 0. The molecule has 0 aliphatic heterocycles. The molecule has 0 aliphatic rings. The lowest BCUT2D eigenvalue weighted by atomic mass is 10.0. The predicted octanol–water partition coefficient (Wildman–Crippen LogP) is 3.16. The number of hydrogen-bond donors (Lipinski definition) is 1. The molecule has 1 heterocycles. The third-order valence-corrected chi connectivity index (χ3v) is 3.53. The van der Waals surface area contributed by atoms with E-state index in [0.29, 0.717) is 18.5 Å². The van der Waals surface area contributed by atoms with E-state index in [1.54, 1.807) is 0 Å². The van der Waals surface area contributed by atoms with Gasteiger partial charge in [0, 0.05) is 6.61 Å². The second-order valence-electron chi connectivity index (χ2n) is 5.25. The standard InChI is InChI=1S/C15H23N3O/c1-5-19-9-13(10(2)3)18-14-11(4)7-6-8-12(14)17-15(18)16/h6-8,10,13H,5,9H2,1-4H3,(H2,16,17). The van der Waals surface area contributed by atoms with Crippen molar-refractivity contribution in [3.8, 4) is 0 Å². The van der Waals surface area contributed by atoms with E-state index in [2.05, 4.69) is 36.4 Å². The minimum Gasteiger partial charge on any atom is -0.380 e. The van der Waals surface area contributed by atoms with Crippen LogP contribution in [0.4, 0.5) is 5.95 Å². The molecule has 0 amide bonds. The number of fused-ring (bicyclic) bond motifs is 1. The van der Waals surface area contributed by atoms with Crippen molar-refractivity contribution < 1.29 is 4.74 Å². The number of hydrogen-bond acceptors (Lipinski definition) is 3. The van der Waals surface area contributed by atoms with Crippen molar-refractivity contribution in [2.45, 2.75) is 33.7 Å². The summed E-state index contributed by atoms with van der Waals surface area (Å²) in [6.45, 7) is 9.86. The van der Waals surface area contributed by atoms with Crippen LogP contribution in [0.2, 0.25) is 0 Å². The fourth-order valence-corrected chi connectivity index (χ4v) is 2.48. The van der Waals surface area contributed by atoms with Crippen LogP contribution in [0.1, 0.15) is 32.4 Å². The number of anilines is 1. The lowest BCUT2D eigenvalue weighted by Crippen LogP contribution is -2.22. The fraction of sp³-hybridized carbons (Fsp3) is 0.533. The average molecular weight is 261 g/mol. The summed E-state index contributed by atoms with van der Waals surface area (Å²) in [5, 5.41) is 0. The molecular formula is C15H23N3O. The molecule has 0 radical (unpaired) electrons. The summed E-state index contributed by atoms with van der Waals surface area (Å²) < 4.78 is 7.75. The highest BCUT2D eigenvalue weighted by molar-refractivity contribution is 5.81. The number of nitrogens with zero attached hydrogens (tertiary/aromatic N) is 2. The molecule has 2 rings (SSSR count). The Morgan fingerprint density at radius 3 is 2.74 bits per heavy atom. The number of ether oxygens (including phenoxy) is 1. The Kier molecular flexibility index (Phi) is 4.10. The number of benzene rings is 1. The van der Waals surface area contributed by atoms with Crippen molar-refractivity contribution in [2.24, 2.45) is 5.92 Å². The quantitative estimate of drug-likeness (QED) is 0.899. The second-order valence-corrected chi connectivity index (χ2v) is 5.25. The average Bonchev–Trinajstić information content (AvgIpc) is 2.68. The Hall–Kier alpha value is -1.55. The maximum absolute atomic E-state index is 6.13. The van der Waals surface area contributed by atoms with Crippen LogP contribution in [-0.2, 0) is 4.74 Å². The molecule has 104 valence electrons. The monoisotopic (exact) mass is 261 g/mol. The van der Waals surface area contributed by atoms with Gasteiger partial charge in [-0.2, -0.15) is 0 Å². The number of aryl methyl sites for hydroxylation is 1. The summed E-state index contributed by atoms with van der Waals surface area (Å²) in [4.78, 5) is 4.47. The molecule has 2 N–H and O–H groups in total. The van der Waals surface area contributed by atoms with Gasteiger partial charge in [-0.05, 0) is 31.4 Å². The minimum atomic E-state index is 0.214. The van der Waals surface area contributed by atoms with E-state index in [0.717, 1.165) is 17.6 Å². The highest BCUT2D eigenvalue weighted by atomic mass is 16.5. The van der Waals surface area contributed by atoms with Crippen molar-refractivity contribution in [2.75, 3.05) is 18.9 Å². The Morgan fingerprint density at radius 2 is 2.11 bits per heavy atom. The van der Waals surface area contributed by atoms with Gasteiger partial charge in [0.2, 0.25) is 5.95 Å². The van der Waals surface area contributed by atoms with Gasteiger partial charge < -0.3 is 15.0 Å². The molecule has 19 heavy (non-hydrogen) atoms. The van der Waals surface area contributed by atoms with Gasteiger partial charge in [0.05, 0.1) is 23.7 Å². The van der Waals surface area contributed by atoms with E-state index in [-0.39, 0.29) is 6.04 Å². The first-order valence-electron chi connectivity index (χ1n) is 6.87.